The minimum absolute atomic E-state index is 0.112. The van der Waals surface area contributed by atoms with E-state index in [0.29, 0.717) is 30.2 Å². The van der Waals surface area contributed by atoms with Crippen LogP contribution in [0.5, 0.6) is 5.75 Å². The smallest absolute Gasteiger partial charge is 0.409 e. The summed E-state index contributed by atoms with van der Waals surface area (Å²) in [5.74, 6) is 0.527. The minimum Gasteiger partial charge on any atom is -0.496 e. The quantitative estimate of drug-likeness (QED) is 0.233. The topological polar surface area (TPSA) is 96.9 Å². The second-order valence-electron chi connectivity index (χ2n) is 10.8. The van der Waals surface area contributed by atoms with Crippen molar-refractivity contribution in [2.75, 3.05) is 17.7 Å². The molecule has 0 radical (unpaired) electrons. The average Bonchev–Trinajstić information content (AvgIpc) is 2.86. The van der Waals surface area contributed by atoms with Gasteiger partial charge in [-0.1, -0.05) is 69.3 Å². The number of aryl methyl sites for hydroxylation is 1. The molecule has 8 heteroatoms. The third kappa shape index (κ3) is 7.69. The first-order valence-electron chi connectivity index (χ1n) is 12.7. The van der Waals surface area contributed by atoms with Gasteiger partial charge in [-0.2, -0.15) is 0 Å². The van der Waals surface area contributed by atoms with Crippen molar-refractivity contribution in [1.29, 1.82) is 0 Å². The molecule has 0 saturated carbocycles. The molecule has 0 aliphatic carbocycles. The fourth-order valence-electron chi connectivity index (χ4n) is 3.73. The Kier molecular flexibility index (Phi) is 9.35. The lowest BCUT2D eigenvalue weighted by Gasteiger charge is -2.36. The van der Waals surface area contributed by atoms with Crippen molar-refractivity contribution in [3.8, 4) is 16.9 Å². The lowest BCUT2D eigenvalue weighted by atomic mass is 9.99. The molecular formula is C30H38N2O5Si. The van der Waals surface area contributed by atoms with E-state index in [1.807, 2.05) is 60.7 Å². The molecule has 0 aromatic heterocycles. The molecule has 38 heavy (non-hydrogen) atoms. The number of nitrogens with one attached hydrogen (secondary N) is 2. The Labute approximate surface area is 226 Å². The Morgan fingerprint density at radius 2 is 1.66 bits per heavy atom. The van der Waals surface area contributed by atoms with E-state index in [9.17, 15) is 14.7 Å². The molecule has 3 aromatic carbocycles. The number of carboxylic acid groups (broad SMARTS) is 1. The fraction of sp³-hybridized carbons (Fsp3) is 0.333. The van der Waals surface area contributed by atoms with Gasteiger partial charge in [-0.3, -0.25) is 10.1 Å². The number of anilines is 2. The standard InChI is InChI=1S/C30H38N2O5Si/c1-30(2,3)38(5,6)37-20-23-14-15-24(19-27(23)36-4)31-28(33)17-13-21-12-16-25(22-10-8-7-9-11-22)26(18-21)32-29(34)35/h7-12,14-16,18-19,32H,13,17,20H2,1-6H3,(H,31,33)(H,34,35). The molecule has 3 aromatic rings. The fourth-order valence-corrected chi connectivity index (χ4v) is 4.68. The monoisotopic (exact) mass is 534 g/mol. The van der Waals surface area contributed by atoms with Gasteiger partial charge in [-0.05, 0) is 47.8 Å². The number of amides is 2. The predicted molar refractivity (Wildman–Crippen MR) is 155 cm³/mol. The molecule has 0 fully saturated rings. The number of carbonyl (C=O) groups is 2. The first kappa shape index (κ1) is 28.9. The van der Waals surface area contributed by atoms with E-state index < -0.39 is 14.4 Å². The van der Waals surface area contributed by atoms with E-state index in [1.165, 1.54) is 0 Å². The highest BCUT2D eigenvalue weighted by Gasteiger charge is 2.37. The van der Waals surface area contributed by atoms with Gasteiger partial charge >= 0.3 is 6.09 Å². The van der Waals surface area contributed by atoms with Gasteiger partial charge < -0.3 is 19.6 Å². The van der Waals surface area contributed by atoms with Gasteiger partial charge in [0.1, 0.15) is 5.75 Å². The summed E-state index contributed by atoms with van der Waals surface area (Å²) in [5.41, 5.74) is 4.63. The largest absolute Gasteiger partial charge is 0.496 e. The Morgan fingerprint density at radius 1 is 0.947 bits per heavy atom. The van der Waals surface area contributed by atoms with Crippen LogP contribution in [0.2, 0.25) is 18.1 Å². The van der Waals surface area contributed by atoms with Crippen LogP contribution in [0.4, 0.5) is 16.2 Å². The van der Waals surface area contributed by atoms with Crippen LogP contribution in [0.25, 0.3) is 11.1 Å². The van der Waals surface area contributed by atoms with Crippen molar-refractivity contribution in [3.05, 3.63) is 77.9 Å². The second-order valence-corrected chi connectivity index (χ2v) is 15.6. The molecule has 202 valence electrons. The van der Waals surface area contributed by atoms with Crippen LogP contribution in [0.3, 0.4) is 0 Å². The van der Waals surface area contributed by atoms with Crippen LogP contribution in [0, 0.1) is 0 Å². The van der Waals surface area contributed by atoms with Crippen LogP contribution in [-0.2, 0) is 22.2 Å². The number of carbonyl (C=O) groups excluding carboxylic acids is 1. The lowest BCUT2D eigenvalue weighted by Crippen LogP contribution is -2.40. The summed E-state index contributed by atoms with van der Waals surface area (Å²) >= 11 is 0. The van der Waals surface area contributed by atoms with E-state index in [2.05, 4.69) is 44.5 Å². The van der Waals surface area contributed by atoms with Gasteiger partial charge in [-0.15, -0.1) is 0 Å². The van der Waals surface area contributed by atoms with Crippen molar-refractivity contribution in [3.63, 3.8) is 0 Å². The normalized spacial score (nSPS) is 11.6. The van der Waals surface area contributed by atoms with E-state index in [0.717, 1.165) is 22.3 Å². The summed E-state index contributed by atoms with van der Waals surface area (Å²) in [4.78, 5) is 24.1. The summed E-state index contributed by atoms with van der Waals surface area (Å²) in [6.45, 7) is 11.5. The van der Waals surface area contributed by atoms with Gasteiger partial charge in [-0.25, -0.2) is 4.79 Å². The predicted octanol–water partition coefficient (Wildman–Crippen LogP) is 7.55. The number of methoxy groups -OCH3 is 1. The summed E-state index contributed by atoms with van der Waals surface area (Å²) in [6.07, 6.45) is -0.426. The van der Waals surface area contributed by atoms with Crippen LogP contribution in [-0.4, -0.2) is 32.5 Å². The average molecular weight is 535 g/mol. The molecule has 3 N–H and O–H groups in total. The minimum atomic E-state index is -1.90. The molecule has 0 atom stereocenters. The second kappa shape index (κ2) is 12.3. The molecule has 0 unspecified atom stereocenters. The molecule has 0 aliphatic heterocycles. The number of ether oxygens (including phenoxy) is 1. The van der Waals surface area contributed by atoms with E-state index in [-0.39, 0.29) is 17.4 Å². The molecule has 3 rings (SSSR count). The van der Waals surface area contributed by atoms with Crippen LogP contribution >= 0.6 is 0 Å². The number of hydrogen-bond acceptors (Lipinski definition) is 4. The number of hydrogen-bond donors (Lipinski definition) is 3. The molecule has 0 bridgehead atoms. The Bertz CT molecular complexity index is 1270. The van der Waals surface area contributed by atoms with Gasteiger partial charge in [0.2, 0.25) is 5.91 Å². The first-order valence-corrected chi connectivity index (χ1v) is 15.6. The maximum Gasteiger partial charge on any atom is 0.409 e. The summed E-state index contributed by atoms with van der Waals surface area (Å²) in [5, 5.41) is 14.8. The Morgan fingerprint density at radius 3 is 2.29 bits per heavy atom. The third-order valence-electron chi connectivity index (χ3n) is 7.02. The van der Waals surface area contributed by atoms with Crippen molar-refractivity contribution in [2.45, 2.75) is 58.4 Å². The maximum atomic E-state index is 12.7. The molecule has 7 nitrogen and oxygen atoms in total. The zero-order chi connectivity index (χ0) is 27.9. The Balaban J connectivity index is 1.65. The van der Waals surface area contributed by atoms with Crippen molar-refractivity contribution >= 4 is 31.7 Å². The molecular weight excluding hydrogens is 496 g/mol. The first-order chi connectivity index (χ1) is 17.9. The third-order valence-corrected chi connectivity index (χ3v) is 11.5. The van der Waals surface area contributed by atoms with Gasteiger partial charge in [0.05, 0.1) is 19.4 Å². The Hall–Kier alpha value is -3.62. The zero-order valence-electron chi connectivity index (χ0n) is 23.1. The molecule has 0 spiro atoms. The van der Waals surface area contributed by atoms with Crippen LogP contribution in [0.15, 0.2) is 66.7 Å². The van der Waals surface area contributed by atoms with Crippen molar-refractivity contribution in [1.82, 2.24) is 0 Å². The van der Waals surface area contributed by atoms with Crippen LogP contribution < -0.4 is 15.4 Å². The molecule has 2 amide bonds. The van der Waals surface area contributed by atoms with E-state index >= 15 is 0 Å². The molecule has 0 aliphatic rings. The number of rotatable bonds is 10. The van der Waals surface area contributed by atoms with Gasteiger partial charge in [0, 0.05) is 29.3 Å². The highest BCUT2D eigenvalue weighted by Crippen LogP contribution is 2.38. The molecule has 0 saturated heterocycles. The summed E-state index contributed by atoms with van der Waals surface area (Å²) in [6, 6.07) is 20.7. The number of benzene rings is 3. The lowest BCUT2D eigenvalue weighted by molar-refractivity contribution is -0.116. The SMILES string of the molecule is COc1cc(NC(=O)CCc2ccc(-c3ccccc3)c(NC(=O)O)c2)ccc1CO[Si](C)(C)C(C)(C)C. The molecule has 0 heterocycles. The van der Waals surface area contributed by atoms with Crippen LogP contribution in [0.1, 0.15) is 38.3 Å². The zero-order valence-corrected chi connectivity index (χ0v) is 24.1. The van der Waals surface area contributed by atoms with Gasteiger partial charge in [0.15, 0.2) is 8.32 Å². The highest BCUT2D eigenvalue weighted by atomic mass is 28.4. The van der Waals surface area contributed by atoms with Crippen molar-refractivity contribution in [2.24, 2.45) is 0 Å². The van der Waals surface area contributed by atoms with E-state index in [4.69, 9.17) is 9.16 Å². The summed E-state index contributed by atoms with van der Waals surface area (Å²) in [7, 11) is -0.295. The summed E-state index contributed by atoms with van der Waals surface area (Å²) < 4.78 is 11.9. The van der Waals surface area contributed by atoms with Crippen molar-refractivity contribution < 1.29 is 23.9 Å². The highest BCUT2D eigenvalue weighted by molar-refractivity contribution is 6.74. The van der Waals surface area contributed by atoms with Gasteiger partial charge in [0.25, 0.3) is 0 Å². The van der Waals surface area contributed by atoms with E-state index in [1.54, 1.807) is 13.2 Å². The maximum absolute atomic E-state index is 12.7.